The maximum Gasteiger partial charge on any atom is 0.162 e. The molecule has 0 atom stereocenters. The summed E-state index contributed by atoms with van der Waals surface area (Å²) in [6.07, 6.45) is 5.40. The van der Waals surface area contributed by atoms with Crippen molar-refractivity contribution in [2.45, 2.75) is 57.1 Å². The first-order valence-corrected chi connectivity index (χ1v) is 10.2. The molecular weight excluding hydrogens is 405 g/mol. The van der Waals surface area contributed by atoms with E-state index in [1.807, 2.05) is 7.11 Å². The highest BCUT2D eigenvalue weighted by Gasteiger charge is 2.37. The average molecular weight is 438 g/mol. The van der Waals surface area contributed by atoms with E-state index in [0.717, 1.165) is 38.6 Å². The monoisotopic (exact) mass is 437 g/mol. The van der Waals surface area contributed by atoms with Crippen molar-refractivity contribution in [3.8, 4) is 0 Å². The maximum absolute atomic E-state index is 12.9. The highest BCUT2D eigenvalue weighted by molar-refractivity contribution is 5.95. The zero-order chi connectivity index (χ0) is 20.0. The van der Waals surface area contributed by atoms with E-state index < -0.39 is 0 Å². The van der Waals surface area contributed by atoms with E-state index in [4.69, 9.17) is 4.74 Å². The second-order valence-electron chi connectivity index (χ2n) is 7.78. The Morgan fingerprint density at radius 3 is 2.37 bits per heavy atom. The number of halogens is 2. The third kappa shape index (κ3) is 6.35. The molecule has 0 bridgehead atoms. The van der Waals surface area contributed by atoms with Gasteiger partial charge in [0.15, 0.2) is 5.78 Å². The molecule has 0 aliphatic heterocycles. The van der Waals surface area contributed by atoms with E-state index in [0.29, 0.717) is 18.0 Å². The van der Waals surface area contributed by atoms with Gasteiger partial charge in [0.2, 0.25) is 0 Å². The minimum absolute atomic E-state index is 0. The molecule has 0 amide bonds. The Morgan fingerprint density at radius 1 is 1.13 bits per heavy atom. The van der Waals surface area contributed by atoms with Crippen LogP contribution in [0, 0.1) is 12.7 Å². The van der Waals surface area contributed by atoms with Crippen LogP contribution in [0.15, 0.2) is 48.5 Å². The number of hydrogen-bond donors (Lipinski definition) is 1. The molecule has 2 aromatic rings. The standard InChI is InChI=1S/C24H30FNO2.ClH.H2O/c1-18-6-3-4-7-22(18)24(28-2)15-13-21(14-16-24)26-17-5-8-23(27)19-9-11-20(25)12-10-19;;/h3-4,6-7,9-12,21,26H,5,8,13-17H2,1-2H3;1H;1H2. The van der Waals surface area contributed by atoms with Crippen molar-refractivity contribution in [2.24, 2.45) is 0 Å². The van der Waals surface area contributed by atoms with Crippen LogP contribution in [0.2, 0.25) is 0 Å². The summed E-state index contributed by atoms with van der Waals surface area (Å²) in [6, 6.07) is 14.8. The SMILES string of the molecule is COC1(c2ccccc2C)CCC(NCCCC(=O)c2ccc(F)cc2)CC1.Cl.O. The molecule has 0 unspecified atom stereocenters. The van der Waals surface area contributed by atoms with Gasteiger partial charge in [-0.2, -0.15) is 0 Å². The van der Waals surface area contributed by atoms with Gasteiger partial charge in [-0.15, -0.1) is 12.4 Å². The number of ether oxygens (including phenoxy) is 1. The van der Waals surface area contributed by atoms with Crippen LogP contribution in [0.4, 0.5) is 4.39 Å². The molecule has 1 saturated carbocycles. The first kappa shape index (κ1) is 26.2. The fourth-order valence-electron chi connectivity index (χ4n) is 4.29. The molecule has 4 nitrogen and oxygen atoms in total. The second kappa shape index (κ2) is 12.2. The van der Waals surface area contributed by atoms with Crippen molar-refractivity contribution >= 4 is 18.2 Å². The van der Waals surface area contributed by atoms with Crippen LogP contribution in [0.5, 0.6) is 0 Å². The van der Waals surface area contributed by atoms with Gasteiger partial charge in [-0.3, -0.25) is 4.79 Å². The molecule has 6 heteroatoms. The minimum atomic E-state index is -0.312. The van der Waals surface area contributed by atoms with Crippen molar-refractivity contribution in [3.63, 3.8) is 0 Å². The number of ketones is 1. The Hall–Kier alpha value is -1.79. The second-order valence-corrected chi connectivity index (χ2v) is 7.78. The number of carbonyl (C=O) groups is 1. The summed E-state index contributed by atoms with van der Waals surface area (Å²) in [7, 11) is 1.82. The summed E-state index contributed by atoms with van der Waals surface area (Å²) in [4.78, 5) is 12.2. The highest BCUT2D eigenvalue weighted by atomic mass is 35.5. The van der Waals surface area contributed by atoms with Crippen molar-refractivity contribution < 1.29 is 19.4 Å². The summed E-state index contributed by atoms with van der Waals surface area (Å²) in [5.41, 5.74) is 3.00. The lowest BCUT2D eigenvalue weighted by molar-refractivity contribution is -0.0504. The number of methoxy groups -OCH3 is 1. The molecule has 166 valence electrons. The molecule has 0 heterocycles. The maximum atomic E-state index is 12.9. The van der Waals surface area contributed by atoms with E-state index in [1.165, 1.54) is 23.3 Å². The van der Waals surface area contributed by atoms with Crippen LogP contribution < -0.4 is 5.32 Å². The Bertz CT molecular complexity index is 789. The van der Waals surface area contributed by atoms with Gasteiger partial charge < -0.3 is 15.5 Å². The molecule has 2 aromatic carbocycles. The van der Waals surface area contributed by atoms with E-state index in [2.05, 4.69) is 36.5 Å². The Balaban J connectivity index is 0.00000225. The minimum Gasteiger partial charge on any atom is -0.412 e. The van der Waals surface area contributed by atoms with Gasteiger partial charge in [-0.05, 0) is 81.0 Å². The molecule has 3 N–H and O–H groups in total. The number of benzene rings is 2. The molecule has 1 aliphatic rings. The van der Waals surface area contributed by atoms with Crippen LogP contribution in [-0.4, -0.2) is 31.0 Å². The largest absolute Gasteiger partial charge is 0.412 e. The van der Waals surface area contributed by atoms with Gasteiger partial charge in [-0.1, -0.05) is 24.3 Å². The molecule has 30 heavy (non-hydrogen) atoms. The van der Waals surface area contributed by atoms with E-state index in [1.54, 1.807) is 12.1 Å². The summed E-state index contributed by atoms with van der Waals surface area (Å²) in [5, 5.41) is 3.60. The van der Waals surface area contributed by atoms with Gasteiger partial charge in [0.25, 0.3) is 0 Å². The van der Waals surface area contributed by atoms with Crippen LogP contribution in [-0.2, 0) is 10.3 Å². The molecule has 1 aliphatic carbocycles. The lowest BCUT2D eigenvalue weighted by atomic mass is 9.76. The molecule has 0 radical (unpaired) electrons. The third-order valence-corrected chi connectivity index (χ3v) is 6.00. The van der Waals surface area contributed by atoms with E-state index >= 15 is 0 Å². The van der Waals surface area contributed by atoms with Gasteiger partial charge in [0.05, 0.1) is 5.60 Å². The summed E-state index contributed by atoms with van der Waals surface area (Å²) < 4.78 is 19.0. The number of nitrogens with one attached hydrogen (secondary N) is 1. The predicted molar refractivity (Wildman–Crippen MR) is 121 cm³/mol. The van der Waals surface area contributed by atoms with Crippen LogP contribution in [0.25, 0.3) is 0 Å². The topological polar surface area (TPSA) is 69.8 Å². The number of Topliss-reactive ketones (excluding diaryl/α,β-unsaturated/α-hetero) is 1. The molecule has 0 saturated heterocycles. The van der Waals surface area contributed by atoms with Crippen molar-refractivity contribution in [2.75, 3.05) is 13.7 Å². The van der Waals surface area contributed by atoms with Crippen molar-refractivity contribution in [1.82, 2.24) is 5.32 Å². The summed E-state index contributed by atoms with van der Waals surface area (Å²) in [6.45, 7) is 2.97. The Morgan fingerprint density at radius 2 is 1.77 bits per heavy atom. The molecule has 3 rings (SSSR count). The summed E-state index contributed by atoms with van der Waals surface area (Å²) in [5.74, 6) is -0.239. The molecule has 0 spiro atoms. The molecule has 1 fully saturated rings. The first-order chi connectivity index (χ1) is 13.5. The normalized spacial score (nSPS) is 20.7. The fraction of sp³-hybridized carbons (Fsp3) is 0.458. The highest BCUT2D eigenvalue weighted by Crippen LogP contribution is 2.41. The lowest BCUT2D eigenvalue weighted by Gasteiger charge is -2.40. The summed E-state index contributed by atoms with van der Waals surface area (Å²) >= 11 is 0. The average Bonchev–Trinajstić information content (AvgIpc) is 2.72. The van der Waals surface area contributed by atoms with Crippen LogP contribution >= 0.6 is 12.4 Å². The number of aryl methyl sites for hydroxylation is 1. The van der Waals surface area contributed by atoms with Gasteiger partial charge in [0, 0.05) is 25.1 Å². The zero-order valence-corrected chi connectivity index (χ0v) is 18.6. The van der Waals surface area contributed by atoms with Crippen LogP contribution in [0.3, 0.4) is 0 Å². The van der Waals surface area contributed by atoms with Gasteiger partial charge in [0.1, 0.15) is 5.82 Å². The quantitative estimate of drug-likeness (QED) is 0.477. The predicted octanol–water partition coefficient (Wildman–Crippen LogP) is 4.77. The van der Waals surface area contributed by atoms with Crippen molar-refractivity contribution in [1.29, 1.82) is 0 Å². The fourth-order valence-corrected chi connectivity index (χ4v) is 4.29. The lowest BCUT2D eigenvalue weighted by Crippen LogP contribution is -2.41. The van der Waals surface area contributed by atoms with E-state index in [9.17, 15) is 9.18 Å². The number of rotatable bonds is 8. The number of hydrogen-bond acceptors (Lipinski definition) is 3. The molecule has 0 aromatic heterocycles. The smallest absolute Gasteiger partial charge is 0.162 e. The molecular formula is C24H33ClFNO3. The van der Waals surface area contributed by atoms with E-state index in [-0.39, 0.29) is 35.1 Å². The van der Waals surface area contributed by atoms with Crippen molar-refractivity contribution in [3.05, 3.63) is 71.0 Å². The third-order valence-electron chi connectivity index (χ3n) is 6.00. The first-order valence-electron chi connectivity index (χ1n) is 10.2. The van der Waals surface area contributed by atoms with Gasteiger partial charge in [-0.25, -0.2) is 4.39 Å². The number of carbonyl (C=O) groups excluding carboxylic acids is 1. The Kier molecular flexibility index (Phi) is 10.6. The zero-order valence-electron chi connectivity index (χ0n) is 17.7. The van der Waals surface area contributed by atoms with Crippen LogP contribution in [0.1, 0.15) is 60.0 Å². The Labute approximate surface area is 184 Å². The van der Waals surface area contributed by atoms with Gasteiger partial charge >= 0.3 is 0 Å².